The number of nitrogens with two attached hydrogens (primary N) is 1. The van der Waals surface area contributed by atoms with Crippen molar-refractivity contribution in [3.63, 3.8) is 0 Å². The predicted molar refractivity (Wildman–Crippen MR) is 100 cm³/mol. The summed E-state index contributed by atoms with van der Waals surface area (Å²) >= 11 is 0. The monoisotopic (exact) mass is 323 g/mol. The fraction of sp³-hybridized carbons (Fsp3) is 0.300. The van der Waals surface area contributed by atoms with Crippen LogP contribution in [0.5, 0.6) is 0 Å². The van der Waals surface area contributed by atoms with Crippen molar-refractivity contribution in [3.8, 4) is 0 Å². The molecule has 0 unspecified atom stereocenters. The van der Waals surface area contributed by atoms with E-state index in [1.165, 1.54) is 16.7 Å². The van der Waals surface area contributed by atoms with Gasteiger partial charge in [0.25, 0.3) is 0 Å². The van der Waals surface area contributed by atoms with E-state index in [9.17, 15) is 5.11 Å². The van der Waals surface area contributed by atoms with Gasteiger partial charge in [-0.15, -0.1) is 0 Å². The predicted octanol–water partition coefficient (Wildman–Crippen LogP) is 3.44. The SMILES string of the molecule is CC(C)(O)c1cccc2c1CNC=C2CCNc1ccc(N)cc1. The normalized spacial score (nSPS) is 13.7. The van der Waals surface area contributed by atoms with Crippen LogP contribution in [0.3, 0.4) is 0 Å². The van der Waals surface area contributed by atoms with Gasteiger partial charge in [-0.3, -0.25) is 0 Å². The number of aliphatic hydroxyl groups is 1. The zero-order chi connectivity index (χ0) is 17.2. The van der Waals surface area contributed by atoms with E-state index in [1.54, 1.807) is 0 Å². The van der Waals surface area contributed by atoms with Crippen molar-refractivity contribution in [2.24, 2.45) is 0 Å². The fourth-order valence-electron chi connectivity index (χ4n) is 3.15. The smallest absolute Gasteiger partial charge is 0.0844 e. The molecule has 0 radical (unpaired) electrons. The molecule has 2 aromatic rings. The van der Waals surface area contributed by atoms with Gasteiger partial charge in [0, 0.05) is 30.7 Å². The van der Waals surface area contributed by atoms with Crippen LogP contribution >= 0.6 is 0 Å². The van der Waals surface area contributed by atoms with E-state index in [-0.39, 0.29) is 0 Å². The van der Waals surface area contributed by atoms with Gasteiger partial charge >= 0.3 is 0 Å². The molecule has 2 aromatic carbocycles. The highest BCUT2D eigenvalue weighted by atomic mass is 16.3. The molecule has 0 saturated carbocycles. The summed E-state index contributed by atoms with van der Waals surface area (Å²) in [7, 11) is 0. The fourth-order valence-corrected chi connectivity index (χ4v) is 3.15. The van der Waals surface area contributed by atoms with Crippen molar-refractivity contribution in [1.29, 1.82) is 0 Å². The first-order valence-electron chi connectivity index (χ1n) is 8.32. The Morgan fingerprint density at radius 2 is 1.92 bits per heavy atom. The van der Waals surface area contributed by atoms with Crippen LogP contribution in [0.15, 0.2) is 48.7 Å². The first kappa shape index (κ1) is 16.4. The molecule has 0 atom stereocenters. The van der Waals surface area contributed by atoms with Crippen molar-refractivity contribution in [1.82, 2.24) is 5.32 Å². The highest BCUT2D eigenvalue weighted by molar-refractivity contribution is 5.71. The van der Waals surface area contributed by atoms with Crippen molar-refractivity contribution in [2.45, 2.75) is 32.4 Å². The third-order valence-electron chi connectivity index (χ3n) is 4.37. The van der Waals surface area contributed by atoms with Crippen LogP contribution in [0.2, 0.25) is 0 Å². The lowest BCUT2D eigenvalue weighted by Crippen LogP contribution is -2.24. The second-order valence-electron chi connectivity index (χ2n) is 6.74. The number of rotatable bonds is 5. The number of hydrogen-bond donors (Lipinski definition) is 4. The number of nitrogens with one attached hydrogen (secondary N) is 2. The zero-order valence-electron chi connectivity index (χ0n) is 14.3. The lowest BCUT2D eigenvalue weighted by atomic mass is 9.86. The third-order valence-corrected chi connectivity index (χ3v) is 4.37. The summed E-state index contributed by atoms with van der Waals surface area (Å²) in [5.41, 5.74) is 11.4. The maximum atomic E-state index is 10.4. The Hall–Kier alpha value is -2.46. The summed E-state index contributed by atoms with van der Waals surface area (Å²) in [6, 6.07) is 13.9. The van der Waals surface area contributed by atoms with Crippen LogP contribution in [0, 0.1) is 0 Å². The first-order valence-corrected chi connectivity index (χ1v) is 8.32. The van der Waals surface area contributed by atoms with Gasteiger partial charge in [0.1, 0.15) is 0 Å². The van der Waals surface area contributed by atoms with Crippen LogP contribution in [0.25, 0.3) is 5.57 Å². The van der Waals surface area contributed by atoms with Crippen LogP contribution in [0.1, 0.15) is 37.0 Å². The van der Waals surface area contributed by atoms with E-state index in [1.807, 2.05) is 50.2 Å². The van der Waals surface area contributed by atoms with Gasteiger partial charge in [0.05, 0.1) is 5.60 Å². The molecule has 0 saturated heterocycles. The van der Waals surface area contributed by atoms with Gasteiger partial charge in [-0.1, -0.05) is 18.2 Å². The highest BCUT2D eigenvalue weighted by Gasteiger charge is 2.24. The van der Waals surface area contributed by atoms with Gasteiger partial charge in [-0.05, 0) is 66.8 Å². The van der Waals surface area contributed by atoms with Crippen molar-refractivity contribution in [2.75, 3.05) is 17.6 Å². The van der Waals surface area contributed by atoms with Crippen LogP contribution in [-0.4, -0.2) is 11.7 Å². The molecule has 0 amide bonds. The van der Waals surface area contributed by atoms with Crippen LogP contribution < -0.4 is 16.4 Å². The summed E-state index contributed by atoms with van der Waals surface area (Å²) in [5.74, 6) is 0. The molecule has 1 aliphatic rings. The Labute approximate surface area is 143 Å². The molecular weight excluding hydrogens is 298 g/mol. The highest BCUT2D eigenvalue weighted by Crippen LogP contribution is 2.32. The summed E-state index contributed by atoms with van der Waals surface area (Å²) in [4.78, 5) is 0. The van der Waals surface area contributed by atoms with Crippen molar-refractivity contribution >= 4 is 16.9 Å². The number of benzene rings is 2. The molecule has 4 heteroatoms. The summed E-state index contributed by atoms with van der Waals surface area (Å²) < 4.78 is 0. The second kappa shape index (κ2) is 6.57. The lowest BCUT2D eigenvalue weighted by molar-refractivity contribution is 0.0775. The van der Waals surface area contributed by atoms with E-state index in [2.05, 4.69) is 22.9 Å². The Bertz CT molecular complexity index is 742. The van der Waals surface area contributed by atoms with Gasteiger partial charge in [-0.25, -0.2) is 0 Å². The molecule has 0 aromatic heterocycles. The van der Waals surface area contributed by atoms with Crippen LogP contribution in [-0.2, 0) is 12.1 Å². The average Bonchev–Trinajstić information content (AvgIpc) is 2.55. The molecule has 126 valence electrons. The number of hydrogen-bond acceptors (Lipinski definition) is 4. The van der Waals surface area contributed by atoms with E-state index < -0.39 is 5.60 Å². The molecule has 3 rings (SSSR count). The van der Waals surface area contributed by atoms with E-state index in [0.717, 1.165) is 36.4 Å². The Balaban J connectivity index is 1.72. The molecule has 1 aliphatic heterocycles. The van der Waals surface area contributed by atoms with Gasteiger partial charge in [0.15, 0.2) is 0 Å². The Morgan fingerprint density at radius 1 is 1.17 bits per heavy atom. The molecule has 1 heterocycles. The summed E-state index contributed by atoms with van der Waals surface area (Å²) in [5, 5.41) is 17.2. The van der Waals surface area contributed by atoms with Crippen LogP contribution in [0.4, 0.5) is 11.4 Å². The Morgan fingerprint density at radius 3 is 2.62 bits per heavy atom. The van der Waals surface area contributed by atoms with Crippen molar-refractivity contribution < 1.29 is 5.11 Å². The van der Waals surface area contributed by atoms with Crippen molar-refractivity contribution in [3.05, 3.63) is 65.4 Å². The number of nitrogen functional groups attached to an aromatic ring is 1. The molecule has 0 fully saturated rings. The average molecular weight is 323 g/mol. The minimum atomic E-state index is -0.836. The molecular formula is C20H25N3O. The van der Waals surface area contributed by atoms with E-state index >= 15 is 0 Å². The lowest BCUT2D eigenvalue weighted by Gasteiger charge is -2.27. The summed E-state index contributed by atoms with van der Waals surface area (Å²) in [6.07, 6.45) is 2.99. The molecule has 5 N–H and O–H groups in total. The maximum absolute atomic E-state index is 10.4. The van der Waals surface area contributed by atoms with Gasteiger partial charge < -0.3 is 21.5 Å². The first-order chi connectivity index (χ1) is 11.4. The quantitative estimate of drug-likeness (QED) is 0.636. The molecule has 0 aliphatic carbocycles. The minimum absolute atomic E-state index is 0.754. The zero-order valence-corrected chi connectivity index (χ0v) is 14.3. The standard InChI is InChI=1S/C20H25N3O/c1-20(2,24)19-5-3-4-17-14(12-22-13-18(17)19)10-11-23-16-8-6-15(21)7-9-16/h3-9,12,22-24H,10-11,13,21H2,1-2H3. The topological polar surface area (TPSA) is 70.3 Å². The van der Waals surface area contributed by atoms with Gasteiger partial charge in [0.2, 0.25) is 0 Å². The summed E-state index contributed by atoms with van der Waals surface area (Å²) in [6.45, 7) is 5.26. The number of anilines is 2. The molecule has 0 bridgehead atoms. The second-order valence-corrected chi connectivity index (χ2v) is 6.74. The van der Waals surface area contributed by atoms with Gasteiger partial charge in [-0.2, -0.15) is 0 Å². The Kier molecular flexibility index (Phi) is 4.49. The molecule has 24 heavy (non-hydrogen) atoms. The third kappa shape index (κ3) is 3.54. The molecule has 0 spiro atoms. The number of fused-ring (bicyclic) bond motifs is 1. The maximum Gasteiger partial charge on any atom is 0.0844 e. The molecule has 4 nitrogen and oxygen atoms in total. The van der Waals surface area contributed by atoms with E-state index in [0.29, 0.717) is 0 Å². The largest absolute Gasteiger partial charge is 0.399 e. The minimum Gasteiger partial charge on any atom is -0.399 e. The van der Waals surface area contributed by atoms with E-state index in [4.69, 9.17) is 5.73 Å².